The van der Waals surface area contributed by atoms with Crippen LogP contribution in [0.2, 0.25) is 0 Å². The van der Waals surface area contributed by atoms with E-state index in [1.807, 2.05) is 13.8 Å². The number of sulfonamides is 1. The van der Waals surface area contributed by atoms with Crippen molar-refractivity contribution in [2.75, 3.05) is 34.2 Å². The number of hydrogen-bond acceptors (Lipinski definition) is 6. The smallest absolute Gasteiger partial charge is 0.246 e. The zero-order valence-corrected chi connectivity index (χ0v) is 22.0. The molecule has 0 spiro atoms. The van der Waals surface area contributed by atoms with E-state index in [4.69, 9.17) is 4.74 Å². The number of piperidine rings is 1. The molecule has 5 rings (SSSR count). The van der Waals surface area contributed by atoms with Crippen LogP contribution < -0.4 is 4.74 Å². The Bertz CT molecular complexity index is 1540. The molecule has 0 amide bonds. The van der Waals surface area contributed by atoms with Gasteiger partial charge in [0.15, 0.2) is 5.78 Å². The number of hydrogen-bond donors (Lipinski definition) is 1. The maximum Gasteiger partial charge on any atom is 0.246 e. The molecule has 0 radical (unpaired) electrons. The van der Waals surface area contributed by atoms with Gasteiger partial charge in [-0.1, -0.05) is 19.9 Å². The average molecular weight is 507 g/mol. The summed E-state index contributed by atoms with van der Waals surface area (Å²) in [6, 6.07) is 10.6. The number of ether oxygens (including phenoxy) is 1. The fourth-order valence-corrected chi connectivity index (χ4v) is 6.30. The number of aromatic nitrogens is 1. The maximum atomic E-state index is 13.9. The molecule has 2 aliphatic rings. The Morgan fingerprint density at radius 3 is 2.50 bits per heavy atom. The first-order chi connectivity index (χ1) is 16.9. The number of likely N-dealkylation sites (tertiary alicyclic amines) is 1. The normalized spacial score (nSPS) is 18.2. The molecule has 0 saturated carbocycles. The number of nitrogens with zero attached hydrogens (tertiary/aromatic N) is 3. The van der Waals surface area contributed by atoms with Gasteiger partial charge in [0.1, 0.15) is 16.7 Å². The van der Waals surface area contributed by atoms with Crippen molar-refractivity contribution in [3.63, 3.8) is 0 Å². The number of carbonyl (C=O) groups is 1. The van der Waals surface area contributed by atoms with Gasteiger partial charge in [0.2, 0.25) is 10.0 Å². The number of fused-ring (bicyclic) bond motifs is 4. The molecule has 2 aromatic carbocycles. The van der Waals surface area contributed by atoms with E-state index in [-0.39, 0.29) is 22.5 Å². The molecule has 3 aromatic rings. The third kappa shape index (κ3) is 3.72. The molecule has 9 heteroatoms. The number of aromatic amines is 1. The molecule has 0 unspecified atom stereocenters. The van der Waals surface area contributed by atoms with E-state index in [0.717, 1.165) is 41.3 Å². The second-order valence-corrected chi connectivity index (χ2v) is 12.6. The first-order valence-corrected chi connectivity index (χ1v) is 13.5. The molecule has 0 bridgehead atoms. The first-order valence-electron chi connectivity index (χ1n) is 12.0. The summed E-state index contributed by atoms with van der Waals surface area (Å²) in [5, 5.41) is 10.0. The highest BCUT2D eigenvalue weighted by atomic mass is 32.2. The zero-order valence-electron chi connectivity index (χ0n) is 21.2. The lowest BCUT2D eigenvalue weighted by Gasteiger charge is -2.34. The van der Waals surface area contributed by atoms with Crippen molar-refractivity contribution >= 4 is 26.7 Å². The number of carbonyl (C=O) groups excluding carboxylic acids is 1. The van der Waals surface area contributed by atoms with Crippen LogP contribution >= 0.6 is 0 Å². The second-order valence-electron chi connectivity index (χ2n) is 10.5. The first kappa shape index (κ1) is 24.5. The highest BCUT2D eigenvalue weighted by Crippen LogP contribution is 2.46. The monoisotopic (exact) mass is 506 g/mol. The van der Waals surface area contributed by atoms with Gasteiger partial charge in [0.25, 0.3) is 0 Å². The van der Waals surface area contributed by atoms with Crippen molar-refractivity contribution in [3.05, 3.63) is 58.3 Å². The quantitative estimate of drug-likeness (QED) is 0.579. The Morgan fingerprint density at radius 2 is 1.86 bits per heavy atom. The largest absolute Gasteiger partial charge is 0.489 e. The van der Waals surface area contributed by atoms with Crippen LogP contribution in [0.4, 0.5) is 0 Å². The summed E-state index contributed by atoms with van der Waals surface area (Å²) in [6.07, 6.45) is 1.49. The van der Waals surface area contributed by atoms with Gasteiger partial charge in [-0.3, -0.25) is 4.79 Å². The fraction of sp³-hybridized carbons (Fsp3) is 0.407. The molecular weight excluding hydrogens is 476 g/mol. The van der Waals surface area contributed by atoms with E-state index in [0.29, 0.717) is 27.8 Å². The molecule has 1 N–H and O–H groups in total. The van der Waals surface area contributed by atoms with Crippen LogP contribution in [0, 0.1) is 11.3 Å². The SMILES string of the molecule is CN1CCC(Oc2cc3c(cc2S(=O)(=O)N(C)C)C(=O)c2c([nH]c4cc(C#N)ccc24)C3(C)C)CC1. The van der Waals surface area contributed by atoms with Crippen LogP contribution in [0.1, 0.15) is 59.4 Å². The molecule has 1 aliphatic heterocycles. The van der Waals surface area contributed by atoms with Crippen molar-refractivity contribution in [2.24, 2.45) is 0 Å². The van der Waals surface area contributed by atoms with Gasteiger partial charge >= 0.3 is 0 Å². The number of benzene rings is 2. The minimum atomic E-state index is -3.88. The molecule has 188 valence electrons. The Labute approximate surface area is 211 Å². The van der Waals surface area contributed by atoms with Gasteiger partial charge in [-0.25, -0.2) is 12.7 Å². The second kappa shape index (κ2) is 8.44. The summed E-state index contributed by atoms with van der Waals surface area (Å²) < 4.78 is 34.2. The standard InChI is InChI=1S/C27H30N4O4S/c1-27(2)20-14-22(35-17-8-10-31(5)11-9-17)23(36(33,34)30(3)4)13-19(20)25(32)24-18-7-6-16(15-28)12-21(18)29-26(24)27/h6-7,12-14,17,29H,8-11H2,1-5H3. The van der Waals surface area contributed by atoms with Crippen molar-refractivity contribution in [3.8, 4) is 11.8 Å². The maximum absolute atomic E-state index is 13.9. The summed E-state index contributed by atoms with van der Waals surface area (Å²) in [5.74, 6) is 0.0422. The highest BCUT2D eigenvalue weighted by molar-refractivity contribution is 7.89. The van der Waals surface area contributed by atoms with E-state index in [9.17, 15) is 18.5 Å². The Hall–Kier alpha value is -3.19. The molecule has 1 aromatic heterocycles. The summed E-state index contributed by atoms with van der Waals surface area (Å²) in [6.45, 7) is 5.77. The Morgan fingerprint density at radius 1 is 1.17 bits per heavy atom. The lowest BCUT2D eigenvalue weighted by molar-refractivity contribution is 0.103. The molecule has 1 fully saturated rings. The number of nitriles is 1. The predicted octanol–water partition coefficient (Wildman–Crippen LogP) is 3.63. The minimum absolute atomic E-state index is 0.00406. The van der Waals surface area contributed by atoms with Crippen LogP contribution in [0.3, 0.4) is 0 Å². The van der Waals surface area contributed by atoms with E-state index in [2.05, 4.69) is 23.0 Å². The number of H-pyrrole nitrogens is 1. The van der Waals surface area contributed by atoms with Gasteiger partial charge in [0, 0.05) is 54.8 Å². The lowest BCUT2D eigenvalue weighted by atomic mass is 9.71. The van der Waals surface area contributed by atoms with Gasteiger partial charge in [-0.05, 0) is 49.7 Å². The number of rotatable bonds is 4. The molecule has 2 heterocycles. The summed E-state index contributed by atoms with van der Waals surface area (Å²) >= 11 is 0. The van der Waals surface area contributed by atoms with E-state index in [1.165, 1.54) is 20.2 Å². The van der Waals surface area contributed by atoms with Crippen molar-refractivity contribution in [1.29, 1.82) is 5.26 Å². The summed E-state index contributed by atoms with van der Waals surface area (Å²) in [5.41, 5.74) is 2.91. The van der Waals surface area contributed by atoms with Crippen LogP contribution in [0.15, 0.2) is 35.2 Å². The summed E-state index contributed by atoms with van der Waals surface area (Å²) in [4.78, 5) is 19.5. The topological polar surface area (TPSA) is 106 Å². The van der Waals surface area contributed by atoms with Crippen LogP contribution in [-0.2, 0) is 15.4 Å². The Kier molecular flexibility index (Phi) is 5.75. The Balaban J connectivity index is 1.71. The van der Waals surface area contributed by atoms with Crippen LogP contribution in [0.25, 0.3) is 10.9 Å². The third-order valence-corrected chi connectivity index (χ3v) is 9.34. The number of nitrogens with one attached hydrogen (secondary N) is 1. The fourth-order valence-electron chi connectivity index (χ4n) is 5.28. The average Bonchev–Trinajstić information content (AvgIpc) is 3.24. The highest BCUT2D eigenvalue weighted by Gasteiger charge is 2.42. The van der Waals surface area contributed by atoms with Gasteiger partial charge < -0.3 is 14.6 Å². The third-order valence-electron chi connectivity index (χ3n) is 7.50. The summed E-state index contributed by atoms with van der Waals surface area (Å²) in [7, 11) is 1.13. The van der Waals surface area contributed by atoms with Gasteiger partial charge in [-0.15, -0.1) is 0 Å². The molecule has 8 nitrogen and oxygen atoms in total. The molecule has 0 atom stereocenters. The van der Waals surface area contributed by atoms with Crippen molar-refractivity contribution in [2.45, 2.75) is 43.1 Å². The number of ketones is 1. The van der Waals surface area contributed by atoms with Gasteiger partial charge in [-0.2, -0.15) is 5.26 Å². The minimum Gasteiger partial charge on any atom is -0.489 e. The van der Waals surface area contributed by atoms with E-state index >= 15 is 0 Å². The van der Waals surface area contributed by atoms with Crippen LogP contribution in [0.5, 0.6) is 5.75 Å². The van der Waals surface area contributed by atoms with E-state index in [1.54, 1.807) is 24.3 Å². The van der Waals surface area contributed by atoms with Gasteiger partial charge in [0.05, 0.1) is 17.2 Å². The van der Waals surface area contributed by atoms with E-state index < -0.39 is 15.4 Å². The molecule has 1 saturated heterocycles. The predicted molar refractivity (Wildman–Crippen MR) is 137 cm³/mol. The van der Waals surface area contributed by atoms with Crippen LogP contribution in [-0.4, -0.2) is 68.7 Å². The lowest BCUT2D eigenvalue weighted by Crippen LogP contribution is -2.36. The molecule has 1 aliphatic carbocycles. The molecular formula is C27H30N4O4S. The molecule has 36 heavy (non-hydrogen) atoms. The van der Waals surface area contributed by atoms with Crippen molar-refractivity contribution < 1.29 is 17.9 Å². The zero-order chi connectivity index (χ0) is 26.0. The van der Waals surface area contributed by atoms with Crippen molar-refractivity contribution in [1.82, 2.24) is 14.2 Å².